The average molecular weight is 331 g/mol. The molecule has 5 nitrogen and oxygen atoms in total. The van der Waals surface area contributed by atoms with Gasteiger partial charge in [-0.25, -0.2) is 13.6 Å². The zero-order valence-electron chi connectivity index (χ0n) is 11.9. The number of hydrogen-bond acceptors (Lipinski definition) is 3. The maximum absolute atomic E-state index is 12.2. The van der Waals surface area contributed by atoms with Crippen LogP contribution in [0.4, 0.5) is 0 Å². The van der Waals surface area contributed by atoms with Gasteiger partial charge in [-0.3, -0.25) is 4.79 Å². The number of rotatable bonds is 4. The van der Waals surface area contributed by atoms with Gasteiger partial charge < -0.3 is 5.32 Å². The molecule has 0 aromatic heterocycles. The Hall–Kier alpha value is -1.11. The van der Waals surface area contributed by atoms with Crippen LogP contribution in [0.5, 0.6) is 0 Å². The maximum Gasteiger partial charge on any atom is 0.252 e. The molecule has 1 saturated carbocycles. The minimum atomic E-state index is -3.86. The van der Waals surface area contributed by atoms with Gasteiger partial charge in [-0.05, 0) is 36.5 Å². The van der Waals surface area contributed by atoms with E-state index >= 15 is 0 Å². The Labute approximate surface area is 129 Å². The molecule has 2 rings (SSSR count). The molecule has 21 heavy (non-hydrogen) atoms. The lowest BCUT2D eigenvalue weighted by atomic mass is 9.89. The van der Waals surface area contributed by atoms with Crippen LogP contribution in [0, 0.1) is 5.41 Å². The van der Waals surface area contributed by atoms with E-state index in [1.165, 1.54) is 31.0 Å². The summed E-state index contributed by atoms with van der Waals surface area (Å²) < 4.78 is 22.7. The largest absolute Gasteiger partial charge is 0.351 e. The summed E-state index contributed by atoms with van der Waals surface area (Å²) in [6.45, 7) is 2.70. The van der Waals surface area contributed by atoms with Crippen molar-refractivity contribution >= 4 is 27.5 Å². The quantitative estimate of drug-likeness (QED) is 0.887. The molecule has 0 radical (unpaired) electrons. The maximum atomic E-state index is 12.2. The fourth-order valence-electron chi connectivity index (χ4n) is 2.65. The second-order valence-corrected chi connectivity index (χ2v) is 7.86. The third kappa shape index (κ3) is 3.96. The Balaban J connectivity index is 2.15. The van der Waals surface area contributed by atoms with Gasteiger partial charge in [0.1, 0.15) is 0 Å². The van der Waals surface area contributed by atoms with Crippen molar-refractivity contribution in [3.05, 3.63) is 28.8 Å². The van der Waals surface area contributed by atoms with Crippen molar-refractivity contribution < 1.29 is 13.2 Å². The fourth-order valence-corrected chi connectivity index (χ4v) is 3.39. The molecule has 1 aliphatic carbocycles. The van der Waals surface area contributed by atoms with Gasteiger partial charge in [0.2, 0.25) is 10.0 Å². The summed E-state index contributed by atoms with van der Waals surface area (Å²) in [5, 5.41) is 8.11. The number of amides is 1. The lowest BCUT2D eigenvalue weighted by Crippen LogP contribution is -2.34. The second-order valence-electron chi connectivity index (χ2n) is 5.89. The molecule has 1 aromatic carbocycles. The highest BCUT2D eigenvalue weighted by Crippen LogP contribution is 2.36. The van der Waals surface area contributed by atoms with E-state index < -0.39 is 10.0 Å². The number of nitrogens with two attached hydrogens (primary N) is 1. The van der Waals surface area contributed by atoms with Crippen molar-refractivity contribution in [2.24, 2.45) is 10.6 Å². The molecule has 1 amide bonds. The third-order valence-electron chi connectivity index (χ3n) is 4.00. The molecular weight excluding hydrogens is 312 g/mol. The summed E-state index contributed by atoms with van der Waals surface area (Å²) in [5.41, 5.74) is 0.240. The van der Waals surface area contributed by atoms with Gasteiger partial charge in [-0.2, -0.15) is 0 Å². The smallest absolute Gasteiger partial charge is 0.252 e. The Bertz CT molecular complexity index is 652. The van der Waals surface area contributed by atoms with Gasteiger partial charge >= 0.3 is 0 Å². The third-order valence-corrected chi connectivity index (χ3v) is 5.24. The van der Waals surface area contributed by atoms with Crippen LogP contribution in [-0.2, 0) is 10.0 Å². The minimum absolute atomic E-state index is 0.111. The highest BCUT2D eigenvalue weighted by Gasteiger charge is 2.29. The molecule has 0 unspecified atom stereocenters. The summed E-state index contributed by atoms with van der Waals surface area (Å²) in [6, 6.07) is 3.87. The van der Waals surface area contributed by atoms with Crippen LogP contribution >= 0.6 is 11.6 Å². The molecule has 0 saturated heterocycles. The van der Waals surface area contributed by atoms with Crippen LogP contribution < -0.4 is 10.5 Å². The summed E-state index contributed by atoms with van der Waals surface area (Å²) in [7, 11) is -3.86. The van der Waals surface area contributed by atoms with E-state index in [-0.39, 0.29) is 26.8 Å². The number of benzene rings is 1. The standard InChI is InChI=1S/C14H19ClN2O3S/c1-14(6-2-3-7-14)9-17-13(18)11-8-10(21(16,19)20)4-5-12(11)15/h4-5,8H,2-3,6-7,9H2,1H3,(H,17,18)(H2,16,19,20). The molecule has 0 bridgehead atoms. The summed E-state index contributed by atoms with van der Waals surface area (Å²) in [6.07, 6.45) is 4.51. The van der Waals surface area contributed by atoms with Gasteiger partial charge in [0.15, 0.2) is 0 Å². The monoisotopic (exact) mass is 330 g/mol. The summed E-state index contributed by atoms with van der Waals surface area (Å²) >= 11 is 5.97. The topological polar surface area (TPSA) is 89.3 Å². The fraction of sp³-hybridized carbons (Fsp3) is 0.500. The number of hydrogen-bond donors (Lipinski definition) is 2. The first-order valence-electron chi connectivity index (χ1n) is 6.82. The van der Waals surface area contributed by atoms with Gasteiger partial charge in [0.05, 0.1) is 15.5 Å². The van der Waals surface area contributed by atoms with Crippen LogP contribution in [0.25, 0.3) is 0 Å². The Morgan fingerprint density at radius 1 is 1.38 bits per heavy atom. The molecule has 1 fully saturated rings. The van der Waals surface area contributed by atoms with Crippen LogP contribution in [0.15, 0.2) is 23.1 Å². The Morgan fingerprint density at radius 3 is 2.57 bits per heavy atom. The van der Waals surface area contributed by atoms with E-state index in [2.05, 4.69) is 12.2 Å². The van der Waals surface area contributed by atoms with Crippen molar-refractivity contribution in [3.8, 4) is 0 Å². The molecule has 0 spiro atoms. The summed E-state index contributed by atoms with van der Waals surface area (Å²) in [4.78, 5) is 12.1. The predicted octanol–water partition coefficient (Wildman–Crippen LogP) is 2.30. The molecular formula is C14H19ClN2O3S. The number of halogens is 1. The van der Waals surface area contributed by atoms with Crippen molar-refractivity contribution in [3.63, 3.8) is 0 Å². The van der Waals surface area contributed by atoms with E-state index in [1.54, 1.807) is 0 Å². The van der Waals surface area contributed by atoms with Gasteiger partial charge in [0.25, 0.3) is 5.91 Å². The van der Waals surface area contributed by atoms with Crippen molar-refractivity contribution in [2.75, 3.05) is 6.54 Å². The Kier molecular flexibility index (Phi) is 4.60. The van der Waals surface area contributed by atoms with Crippen molar-refractivity contribution in [1.82, 2.24) is 5.32 Å². The SMILES string of the molecule is CC1(CNC(=O)c2cc(S(N)(=O)=O)ccc2Cl)CCCC1. The molecule has 1 aliphatic rings. The lowest BCUT2D eigenvalue weighted by Gasteiger charge is -2.23. The van der Waals surface area contributed by atoms with E-state index in [9.17, 15) is 13.2 Å². The van der Waals surface area contributed by atoms with E-state index in [0.29, 0.717) is 6.54 Å². The highest BCUT2D eigenvalue weighted by molar-refractivity contribution is 7.89. The van der Waals surface area contributed by atoms with Crippen molar-refractivity contribution in [1.29, 1.82) is 0 Å². The lowest BCUT2D eigenvalue weighted by molar-refractivity contribution is 0.0934. The number of nitrogens with one attached hydrogen (secondary N) is 1. The molecule has 116 valence electrons. The van der Waals surface area contributed by atoms with Gasteiger partial charge in [0, 0.05) is 6.54 Å². The highest BCUT2D eigenvalue weighted by atomic mass is 35.5. The van der Waals surface area contributed by atoms with Crippen LogP contribution in [0.2, 0.25) is 5.02 Å². The molecule has 7 heteroatoms. The predicted molar refractivity (Wildman–Crippen MR) is 81.7 cm³/mol. The van der Waals surface area contributed by atoms with E-state index in [1.807, 2.05) is 0 Å². The van der Waals surface area contributed by atoms with Gasteiger partial charge in [-0.15, -0.1) is 0 Å². The number of carbonyl (C=O) groups is 1. The molecule has 0 heterocycles. The Morgan fingerprint density at radius 2 is 2.00 bits per heavy atom. The molecule has 0 atom stereocenters. The van der Waals surface area contributed by atoms with Crippen LogP contribution in [0.3, 0.4) is 0 Å². The first-order chi connectivity index (χ1) is 9.71. The van der Waals surface area contributed by atoms with Crippen molar-refractivity contribution in [2.45, 2.75) is 37.5 Å². The van der Waals surface area contributed by atoms with E-state index in [0.717, 1.165) is 12.8 Å². The molecule has 3 N–H and O–H groups in total. The second kappa shape index (κ2) is 5.94. The zero-order valence-corrected chi connectivity index (χ0v) is 13.4. The average Bonchev–Trinajstić information content (AvgIpc) is 2.83. The number of primary sulfonamides is 1. The minimum Gasteiger partial charge on any atom is -0.351 e. The number of sulfonamides is 1. The zero-order chi connectivity index (χ0) is 15.7. The molecule has 0 aliphatic heterocycles. The van der Waals surface area contributed by atoms with Crippen LogP contribution in [-0.4, -0.2) is 20.9 Å². The van der Waals surface area contributed by atoms with Gasteiger partial charge in [-0.1, -0.05) is 31.4 Å². The van der Waals surface area contributed by atoms with Crippen LogP contribution in [0.1, 0.15) is 43.0 Å². The number of carbonyl (C=O) groups excluding carboxylic acids is 1. The normalized spacial score (nSPS) is 17.7. The molecule has 1 aromatic rings. The van der Waals surface area contributed by atoms with E-state index in [4.69, 9.17) is 16.7 Å². The first-order valence-corrected chi connectivity index (χ1v) is 8.74. The first kappa shape index (κ1) is 16.3. The summed E-state index contributed by atoms with van der Waals surface area (Å²) in [5.74, 6) is -0.376.